The molecule has 43 heavy (non-hydrogen) atoms. The monoisotopic (exact) mass is 608 g/mol. The fourth-order valence-corrected chi connectivity index (χ4v) is 6.73. The second-order valence-electron chi connectivity index (χ2n) is 12.8. The summed E-state index contributed by atoms with van der Waals surface area (Å²) in [4.78, 5) is 15.9. The van der Waals surface area contributed by atoms with Crippen molar-refractivity contribution in [2.24, 2.45) is 11.8 Å². The lowest BCUT2D eigenvalue weighted by molar-refractivity contribution is -0.142. The molecule has 1 unspecified atom stereocenters. The van der Waals surface area contributed by atoms with Crippen LogP contribution in [0.4, 0.5) is 4.39 Å². The van der Waals surface area contributed by atoms with Crippen molar-refractivity contribution in [3.8, 4) is 22.8 Å². The predicted octanol–water partition coefficient (Wildman–Crippen LogP) is 7.29. The Bertz CT molecular complexity index is 1490. The molecule has 1 fully saturated rings. The molecule has 0 amide bonds. The number of hydrogen-bond acceptors (Lipinski definition) is 6. The number of benzene rings is 2. The largest absolute Gasteiger partial charge is 0.598 e. The van der Waals surface area contributed by atoms with Crippen molar-refractivity contribution in [2.75, 3.05) is 7.11 Å². The van der Waals surface area contributed by atoms with Gasteiger partial charge in [-0.3, -0.25) is 4.79 Å². The number of aliphatic carboxylic acids is 1. The van der Waals surface area contributed by atoms with Crippen LogP contribution in [0.2, 0.25) is 0 Å². The number of carboxylic acids is 1. The molecule has 0 spiro atoms. The van der Waals surface area contributed by atoms with Crippen LogP contribution in [0.5, 0.6) is 11.6 Å². The van der Waals surface area contributed by atoms with E-state index >= 15 is 4.39 Å². The number of ether oxygens (including phenoxy) is 2. The maximum Gasteiger partial charge on any atom is 0.306 e. The first-order valence-corrected chi connectivity index (χ1v) is 16.1. The van der Waals surface area contributed by atoms with E-state index in [1.165, 1.54) is 7.11 Å². The molecule has 1 aliphatic heterocycles. The highest BCUT2D eigenvalue weighted by Crippen LogP contribution is 2.48. The molecular weight excluding hydrogens is 567 g/mol. The van der Waals surface area contributed by atoms with Gasteiger partial charge < -0.3 is 19.1 Å². The minimum atomic E-state index is -1.35. The number of aromatic nitrogens is 1. The summed E-state index contributed by atoms with van der Waals surface area (Å²) in [6.45, 7) is 9.43. The van der Waals surface area contributed by atoms with Crippen molar-refractivity contribution in [3.05, 3.63) is 76.7 Å². The maximum atomic E-state index is 15.1. The molecule has 0 bridgehead atoms. The Morgan fingerprint density at radius 3 is 2.53 bits per heavy atom. The van der Waals surface area contributed by atoms with Crippen molar-refractivity contribution < 1.29 is 28.3 Å². The van der Waals surface area contributed by atoms with Crippen molar-refractivity contribution in [1.29, 1.82) is 0 Å². The summed E-state index contributed by atoms with van der Waals surface area (Å²) in [5.74, 6) is -0.295. The molecule has 1 aromatic heterocycles. The van der Waals surface area contributed by atoms with Gasteiger partial charge in [0.25, 0.3) is 0 Å². The lowest BCUT2D eigenvalue weighted by Gasteiger charge is -2.30. The Morgan fingerprint density at radius 1 is 1.14 bits per heavy atom. The highest BCUT2D eigenvalue weighted by atomic mass is 32.2. The van der Waals surface area contributed by atoms with Crippen LogP contribution >= 0.6 is 0 Å². The first-order chi connectivity index (χ1) is 20.4. The van der Waals surface area contributed by atoms with Crippen LogP contribution in [0.15, 0.2) is 48.7 Å². The van der Waals surface area contributed by atoms with Crippen LogP contribution in [0, 0.1) is 17.7 Å². The zero-order valence-corrected chi connectivity index (χ0v) is 26.5. The van der Waals surface area contributed by atoms with E-state index in [1.54, 1.807) is 13.0 Å². The normalized spacial score (nSPS) is 19.5. The molecule has 0 radical (unpaired) electrons. The SMILES string of the molecule is COc1cc(-c2ccc([C@H]3CCc4ccc([C@H](C5CC5)[C@H](C)C(=O)O)cc4O3)cc2[C@H](C)N[S+]([O-])C(C)(C)C)c(F)cn1. The summed E-state index contributed by atoms with van der Waals surface area (Å²) >= 11 is -1.35. The van der Waals surface area contributed by atoms with Crippen molar-refractivity contribution >= 4 is 17.3 Å². The topological polar surface area (TPSA) is 104 Å². The van der Waals surface area contributed by atoms with E-state index in [2.05, 4.69) is 21.8 Å². The summed E-state index contributed by atoms with van der Waals surface area (Å²) in [7, 11) is 1.49. The molecule has 1 aliphatic carbocycles. The van der Waals surface area contributed by atoms with Crippen LogP contribution in [-0.4, -0.2) is 32.5 Å². The molecule has 9 heteroatoms. The van der Waals surface area contributed by atoms with Crippen molar-refractivity contribution in [1.82, 2.24) is 9.71 Å². The first kappa shape index (κ1) is 31.3. The third-order valence-electron chi connectivity index (χ3n) is 8.56. The van der Waals surface area contributed by atoms with Gasteiger partial charge in [0.15, 0.2) is 0 Å². The average molecular weight is 609 g/mol. The molecule has 5 rings (SSSR count). The smallest absolute Gasteiger partial charge is 0.306 e. The fourth-order valence-electron chi connectivity index (χ4n) is 5.93. The Morgan fingerprint density at radius 2 is 1.88 bits per heavy atom. The molecule has 1 saturated carbocycles. The van der Waals surface area contributed by atoms with E-state index in [0.29, 0.717) is 22.9 Å². The number of methoxy groups -OCH3 is 1. The molecule has 2 aromatic carbocycles. The Hall–Kier alpha value is -3.14. The van der Waals surface area contributed by atoms with Gasteiger partial charge in [-0.2, -0.15) is 0 Å². The van der Waals surface area contributed by atoms with Crippen LogP contribution in [0.3, 0.4) is 0 Å². The number of carboxylic acid groups (broad SMARTS) is 1. The van der Waals surface area contributed by atoms with Crippen LogP contribution in [0.1, 0.15) is 94.2 Å². The molecular formula is C34H41FN2O5S. The van der Waals surface area contributed by atoms with Gasteiger partial charge in [0.2, 0.25) is 5.88 Å². The molecule has 5 atom stereocenters. The average Bonchev–Trinajstić information content (AvgIpc) is 3.81. The highest BCUT2D eigenvalue weighted by Gasteiger charge is 2.39. The van der Waals surface area contributed by atoms with Crippen molar-refractivity contribution in [3.63, 3.8) is 0 Å². The molecule has 2 N–H and O–H groups in total. The zero-order valence-electron chi connectivity index (χ0n) is 25.6. The molecule has 230 valence electrons. The van der Waals surface area contributed by atoms with E-state index in [1.807, 2.05) is 52.0 Å². The number of rotatable bonds is 10. The van der Waals surface area contributed by atoms with Crippen LogP contribution in [-0.2, 0) is 22.6 Å². The lowest BCUT2D eigenvalue weighted by atomic mass is 9.82. The summed E-state index contributed by atoms with van der Waals surface area (Å²) in [6.07, 6.45) is 4.58. The number of carbonyl (C=O) groups is 1. The number of aryl methyl sites for hydroxylation is 1. The number of nitrogens with one attached hydrogen (secondary N) is 1. The standard InChI is InChI=1S/C34H41FN2O5S/c1-19(33(38)39)32(22-8-9-22)24-10-7-21-12-14-29(42-30(21)16-24)23-11-13-25(27-17-31(41-6)36-18-28(27)35)26(15-23)20(2)37-43(40)34(3,4)5/h7,10-11,13,15-20,22,29,32,37H,8-9,12,14H2,1-6H3,(H,38,39)/t19-,20-,29+,32-,43?/m0/s1. The summed E-state index contributed by atoms with van der Waals surface area (Å²) in [6, 6.07) is 13.2. The predicted molar refractivity (Wildman–Crippen MR) is 166 cm³/mol. The summed E-state index contributed by atoms with van der Waals surface area (Å²) < 4.78 is 42.8. The minimum absolute atomic E-state index is 0.0412. The van der Waals surface area contributed by atoms with Gasteiger partial charge in [-0.15, -0.1) is 4.72 Å². The number of nitrogens with zero attached hydrogens (tertiary/aromatic N) is 1. The fraction of sp³-hybridized carbons (Fsp3) is 0.471. The maximum absolute atomic E-state index is 15.1. The number of halogens is 1. The van der Waals surface area contributed by atoms with Gasteiger partial charge >= 0.3 is 5.97 Å². The number of pyridine rings is 1. The molecule has 2 heterocycles. The number of hydrogen-bond donors (Lipinski definition) is 2. The van der Waals surface area contributed by atoms with Gasteiger partial charge in [-0.05, 0) is 105 Å². The van der Waals surface area contributed by atoms with E-state index < -0.39 is 33.8 Å². The minimum Gasteiger partial charge on any atom is -0.598 e. The first-order valence-electron chi connectivity index (χ1n) is 14.9. The van der Waals surface area contributed by atoms with Gasteiger partial charge in [0.05, 0.1) is 25.3 Å². The molecule has 3 aromatic rings. The second-order valence-corrected chi connectivity index (χ2v) is 14.8. The van der Waals surface area contributed by atoms with E-state index in [0.717, 1.165) is 59.9 Å². The van der Waals surface area contributed by atoms with Gasteiger partial charge in [-0.25, -0.2) is 9.37 Å². The lowest BCUT2D eigenvalue weighted by Crippen LogP contribution is -2.40. The third kappa shape index (κ3) is 6.84. The van der Waals surface area contributed by atoms with Crippen molar-refractivity contribution in [2.45, 2.75) is 83.1 Å². The summed E-state index contributed by atoms with van der Waals surface area (Å²) in [5, 5.41) is 9.75. The second kappa shape index (κ2) is 12.5. The third-order valence-corrected chi connectivity index (χ3v) is 10.2. The van der Waals surface area contributed by atoms with E-state index in [4.69, 9.17) is 9.47 Å². The Balaban J connectivity index is 1.49. The van der Waals surface area contributed by atoms with Crippen LogP contribution in [0.25, 0.3) is 11.1 Å². The molecule has 0 saturated heterocycles. The van der Waals surface area contributed by atoms with E-state index in [9.17, 15) is 14.5 Å². The van der Waals surface area contributed by atoms with Gasteiger partial charge in [0.1, 0.15) is 22.4 Å². The van der Waals surface area contributed by atoms with Crippen LogP contribution < -0.4 is 14.2 Å². The Kier molecular flexibility index (Phi) is 9.07. The zero-order chi connectivity index (χ0) is 31.1. The van der Waals surface area contributed by atoms with Gasteiger partial charge in [-0.1, -0.05) is 31.2 Å². The highest BCUT2D eigenvalue weighted by molar-refractivity contribution is 7.90. The van der Waals surface area contributed by atoms with Gasteiger partial charge in [0, 0.05) is 23.0 Å². The number of fused-ring (bicyclic) bond motifs is 1. The summed E-state index contributed by atoms with van der Waals surface area (Å²) in [5.41, 5.74) is 4.84. The molecule has 2 aliphatic rings. The molecule has 7 nitrogen and oxygen atoms in total. The quantitative estimate of drug-likeness (QED) is 0.233. The van der Waals surface area contributed by atoms with E-state index in [-0.39, 0.29) is 18.1 Å². The Labute approximate surface area is 256 Å².